The Bertz CT molecular complexity index is 456. The van der Waals surface area contributed by atoms with E-state index in [-0.39, 0.29) is 0 Å². The minimum atomic E-state index is 0.630. The molecule has 1 rings (SSSR count). The molecule has 1 N–H and O–H groups in total. The second-order valence-electron chi connectivity index (χ2n) is 3.64. The molecular weight excluding hydrogens is 208 g/mol. The lowest BCUT2D eigenvalue weighted by molar-refractivity contribution is 1.03. The minimum Gasteiger partial charge on any atom is -0.348 e. The quantitative estimate of drug-likeness (QED) is 0.603. The molecule has 0 atom stereocenters. The van der Waals surface area contributed by atoms with Crippen LogP contribution in [0.25, 0.3) is 6.08 Å². The lowest BCUT2D eigenvalue weighted by Crippen LogP contribution is -2.13. The number of hydrogen-bond donors (Lipinski definition) is 1. The molecule has 1 aromatic rings. The largest absolute Gasteiger partial charge is 0.348 e. The van der Waals surface area contributed by atoms with Crippen LogP contribution >= 0.6 is 0 Å². The van der Waals surface area contributed by atoms with E-state index < -0.39 is 0 Å². The predicted octanol–water partition coefficient (Wildman–Crippen LogP) is 3.46. The van der Waals surface area contributed by atoms with E-state index in [9.17, 15) is 0 Å². The van der Waals surface area contributed by atoms with Gasteiger partial charge in [-0.1, -0.05) is 44.0 Å². The van der Waals surface area contributed by atoms with Gasteiger partial charge in [-0.05, 0) is 35.9 Å². The van der Waals surface area contributed by atoms with Crippen LogP contribution in [0.15, 0.2) is 55.2 Å². The highest BCUT2D eigenvalue weighted by molar-refractivity contribution is 5.93. The van der Waals surface area contributed by atoms with Gasteiger partial charge in [0.15, 0.2) is 0 Å². The van der Waals surface area contributed by atoms with Crippen molar-refractivity contribution >= 4 is 11.9 Å². The highest BCUT2D eigenvalue weighted by Crippen LogP contribution is 2.13. The van der Waals surface area contributed by atoms with Crippen LogP contribution in [0.2, 0.25) is 0 Å². The molecular formula is C15H18N2. The molecule has 0 aromatic heterocycles. The van der Waals surface area contributed by atoms with Crippen molar-refractivity contribution in [3.05, 3.63) is 66.9 Å². The fraction of sp³-hybridized carbons (Fsp3) is 0.133. The maximum Gasteiger partial charge on any atom is 0.124 e. The summed E-state index contributed by atoms with van der Waals surface area (Å²) in [5.41, 5.74) is 3.54. The van der Waals surface area contributed by atoms with Gasteiger partial charge in [0, 0.05) is 0 Å². The standard InChI is InChI=1S/C15H18N2/c1-5-13-8-9-14(12(4)10-13)11-17-15(6-2)16-7-3/h5-10H,1-3,11H2,4H3,(H,16,17). The van der Waals surface area contributed by atoms with E-state index in [1.54, 1.807) is 12.3 Å². The lowest BCUT2D eigenvalue weighted by atomic mass is 10.1. The third-order valence-corrected chi connectivity index (χ3v) is 2.47. The first kappa shape index (κ1) is 13.0. The average Bonchev–Trinajstić information content (AvgIpc) is 2.35. The Kier molecular flexibility index (Phi) is 4.95. The van der Waals surface area contributed by atoms with Gasteiger partial charge in [-0.25, -0.2) is 0 Å². The van der Waals surface area contributed by atoms with Crippen LogP contribution in [0.3, 0.4) is 0 Å². The molecule has 0 heterocycles. The molecule has 2 nitrogen and oxygen atoms in total. The van der Waals surface area contributed by atoms with Gasteiger partial charge in [0.25, 0.3) is 0 Å². The Morgan fingerprint density at radius 1 is 1.35 bits per heavy atom. The fourth-order valence-electron chi connectivity index (χ4n) is 1.47. The van der Waals surface area contributed by atoms with E-state index in [1.165, 1.54) is 11.1 Å². The lowest BCUT2D eigenvalue weighted by Gasteiger charge is -2.05. The summed E-state index contributed by atoms with van der Waals surface area (Å²) >= 11 is 0. The van der Waals surface area contributed by atoms with Crippen LogP contribution in [0, 0.1) is 6.92 Å². The number of amidine groups is 1. The van der Waals surface area contributed by atoms with Crippen LogP contribution < -0.4 is 5.32 Å². The highest BCUT2D eigenvalue weighted by Gasteiger charge is 1.98. The number of rotatable bonds is 5. The Hall–Kier alpha value is -2.09. The Labute approximate surface area is 103 Å². The maximum atomic E-state index is 4.41. The van der Waals surface area contributed by atoms with Crippen LogP contribution in [-0.2, 0) is 6.54 Å². The average molecular weight is 226 g/mol. The smallest absolute Gasteiger partial charge is 0.124 e. The van der Waals surface area contributed by atoms with Crippen LogP contribution in [0.5, 0.6) is 0 Å². The van der Waals surface area contributed by atoms with Gasteiger partial charge in [-0.15, -0.1) is 0 Å². The Morgan fingerprint density at radius 2 is 2.12 bits per heavy atom. The first-order chi connectivity index (χ1) is 8.21. The minimum absolute atomic E-state index is 0.630. The van der Waals surface area contributed by atoms with Crippen molar-refractivity contribution in [2.45, 2.75) is 13.5 Å². The zero-order valence-electron chi connectivity index (χ0n) is 10.2. The molecule has 0 saturated carbocycles. The molecule has 88 valence electrons. The maximum absolute atomic E-state index is 4.41. The summed E-state index contributed by atoms with van der Waals surface area (Å²) in [5.74, 6) is 0.729. The summed E-state index contributed by atoms with van der Waals surface area (Å²) < 4.78 is 0. The molecule has 0 amide bonds. The van der Waals surface area contributed by atoms with Crippen molar-refractivity contribution < 1.29 is 0 Å². The number of nitrogens with one attached hydrogen (secondary N) is 1. The van der Waals surface area contributed by atoms with Gasteiger partial charge in [0.05, 0.1) is 6.54 Å². The van der Waals surface area contributed by atoms with Crippen molar-refractivity contribution in [3.8, 4) is 0 Å². The molecule has 0 bridgehead atoms. The number of aliphatic imine (C=N–C) groups is 1. The van der Waals surface area contributed by atoms with E-state index in [4.69, 9.17) is 0 Å². The highest BCUT2D eigenvalue weighted by atomic mass is 15.0. The second kappa shape index (κ2) is 6.48. The number of benzene rings is 1. The van der Waals surface area contributed by atoms with Gasteiger partial charge in [0.1, 0.15) is 5.84 Å². The Morgan fingerprint density at radius 3 is 2.65 bits per heavy atom. The van der Waals surface area contributed by atoms with Crippen molar-refractivity contribution in [2.24, 2.45) is 4.99 Å². The van der Waals surface area contributed by atoms with Gasteiger partial charge in [-0.3, -0.25) is 4.99 Å². The molecule has 1 aromatic carbocycles. The number of hydrogen-bond acceptors (Lipinski definition) is 1. The normalized spacial score (nSPS) is 10.8. The monoisotopic (exact) mass is 226 g/mol. The summed E-state index contributed by atoms with van der Waals surface area (Å²) in [4.78, 5) is 4.41. The predicted molar refractivity (Wildman–Crippen MR) is 75.9 cm³/mol. The molecule has 0 aliphatic carbocycles. The summed E-state index contributed by atoms with van der Waals surface area (Å²) in [7, 11) is 0. The molecule has 0 aliphatic heterocycles. The van der Waals surface area contributed by atoms with Gasteiger partial charge in [0.2, 0.25) is 0 Å². The van der Waals surface area contributed by atoms with Crippen molar-refractivity contribution in [1.29, 1.82) is 0 Å². The number of aryl methyl sites for hydroxylation is 1. The van der Waals surface area contributed by atoms with E-state index >= 15 is 0 Å². The third-order valence-electron chi connectivity index (χ3n) is 2.47. The van der Waals surface area contributed by atoms with Crippen LogP contribution in [-0.4, -0.2) is 5.84 Å². The van der Waals surface area contributed by atoms with Crippen LogP contribution in [0.4, 0.5) is 0 Å². The van der Waals surface area contributed by atoms with Gasteiger partial charge >= 0.3 is 0 Å². The molecule has 0 spiro atoms. The summed E-state index contributed by atoms with van der Waals surface area (Å²) in [6.45, 7) is 13.7. The first-order valence-corrected chi connectivity index (χ1v) is 5.47. The zero-order chi connectivity index (χ0) is 12.7. The molecule has 0 aliphatic rings. The molecule has 0 radical (unpaired) electrons. The fourth-order valence-corrected chi connectivity index (χ4v) is 1.47. The number of nitrogens with zero attached hydrogens (tertiary/aromatic N) is 1. The Balaban J connectivity index is 2.84. The summed E-state index contributed by atoms with van der Waals surface area (Å²) in [5, 5.41) is 2.92. The van der Waals surface area contributed by atoms with E-state index in [0.717, 1.165) is 11.4 Å². The van der Waals surface area contributed by atoms with E-state index in [1.807, 2.05) is 12.1 Å². The molecule has 0 saturated heterocycles. The zero-order valence-corrected chi connectivity index (χ0v) is 10.2. The van der Waals surface area contributed by atoms with Crippen molar-refractivity contribution in [1.82, 2.24) is 5.32 Å². The van der Waals surface area contributed by atoms with E-state index in [2.05, 4.69) is 49.1 Å². The summed E-state index contributed by atoms with van der Waals surface area (Å²) in [6.07, 6.45) is 5.11. The van der Waals surface area contributed by atoms with Crippen LogP contribution in [0.1, 0.15) is 16.7 Å². The molecule has 0 fully saturated rings. The van der Waals surface area contributed by atoms with E-state index in [0.29, 0.717) is 6.54 Å². The first-order valence-electron chi connectivity index (χ1n) is 5.47. The van der Waals surface area contributed by atoms with Crippen molar-refractivity contribution in [3.63, 3.8) is 0 Å². The van der Waals surface area contributed by atoms with Crippen molar-refractivity contribution in [2.75, 3.05) is 0 Å². The molecule has 0 unspecified atom stereocenters. The second-order valence-corrected chi connectivity index (χ2v) is 3.64. The molecule has 2 heteroatoms. The molecule has 17 heavy (non-hydrogen) atoms. The third kappa shape index (κ3) is 3.76. The van der Waals surface area contributed by atoms with Gasteiger partial charge in [-0.2, -0.15) is 0 Å². The topological polar surface area (TPSA) is 24.4 Å². The SMILES string of the molecule is C=CNC(C=C)=NCc1ccc(C=C)cc1C. The summed E-state index contributed by atoms with van der Waals surface area (Å²) in [6, 6.07) is 6.22. The van der Waals surface area contributed by atoms with Gasteiger partial charge < -0.3 is 5.32 Å².